The third kappa shape index (κ3) is 6.08. The molecule has 2 rings (SSSR count). The molecule has 0 bridgehead atoms. The lowest BCUT2D eigenvalue weighted by Gasteiger charge is -2.36. The zero-order chi connectivity index (χ0) is 18.2. The van der Waals surface area contributed by atoms with Gasteiger partial charge in [-0.3, -0.25) is 9.79 Å². The van der Waals surface area contributed by atoms with Crippen molar-refractivity contribution in [1.29, 1.82) is 0 Å². The number of halogens is 2. The molecule has 138 valence electrons. The molecule has 1 amide bonds. The summed E-state index contributed by atoms with van der Waals surface area (Å²) in [5, 5.41) is 4.71. The average molecular weight is 385 g/mol. The Labute approximate surface area is 160 Å². The highest BCUT2D eigenvalue weighted by molar-refractivity contribution is 6.35. The predicted octanol–water partition coefficient (Wildman–Crippen LogP) is 3.06. The maximum absolute atomic E-state index is 11.4. The second-order valence-corrected chi connectivity index (χ2v) is 6.91. The number of benzene rings is 1. The fourth-order valence-corrected chi connectivity index (χ4v) is 3.34. The summed E-state index contributed by atoms with van der Waals surface area (Å²) in [6.45, 7) is 8.37. The molecule has 1 aromatic rings. The molecule has 1 saturated heterocycles. The van der Waals surface area contributed by atoms with Crippen LogP contribution in [-0.4, -0.2) is 60.9 Å². The van der Waals surface area contributed by atoms with Gasteiger partial charge in [0.2, 0.25) is 5.91 Å². The molecule has 1 aliphatic rings. The van der Waals surface area contributed by atoms with E-state index in [2.05, 4.69) is 17.1 Å². The summed E-state index contributed by atoms with van der Waals surface area (Å²) in [5.41, 5.74) is 1.10. The van der Waals surface area contributed by atoms with E-state index in [0.29, 0.717) is 10.0 Å². The molecular weight excluding hydrogens is 359 g/mol. The van der Waals surface area contributed by atoms with Crippen LogP contribution in [0.3, 0.4) is 0 Å². The van der Waals surface area contributed by atoms with Gasteiger partial charge < -0.3 is 15.1 Å². The van der Waals surface area contributed by atoms with E-state index in [1.54, 1.807) is 13.0 Å². The molecule has 0 atom stereocenters. The number of hydrogen-bond donors (Lipinski definition) is 1. The monoisotopic (exact) mass is 384 g/mol. The number of piperazine rings is 1. The van der Waals surface area contributed by atoms with Crippen molar-refractivity contribution in [2.24, 2.45) is 4.99 Å². The zero-order valence-corrected chi connectivity index (χ0v) is 16.4. The van der Waals surface area contributed by atoms with Gasteiger partial charge in [0.1, 0.15) is 0 Å². The number of hydrogen-bond acceptors (Lipinski definition) is 2. The summed E-state index contributed by atoms with van der Waals surface area (Å²) in [6, 6.07) is 5.62. The molecule has 0 spiro atoms. The van der Waals surface area contributed by atoms with E-state index >= 15 is 0 Å². The number of nitrogens with one attached hydrogen (secondary N) is 1. The number of rotatable bonds is 5. The van der Waals surface area contributed by atoms with Gasteiger partial charge in [-0.05, 0) is 37.5 Å². The molecule has 1 aromatic carbocycles. The number of carbonyl (C=O) groups excluding carboxylic acids is 1. The summed E-state index contributed by atoms with van der Waals surface area (Å²) >= 11 is 12.1. The number of aryl methyl sites for hydroxylation is 1. The number of amides is 1. The first kappa shape index (κ1) is 19.9. The van der Waals surface area contributed by atoms with E-state index in [4.69, 9.17) is 28.2 Å². The number of nitrogens with zero attached hydrogens (tertiary/aromatic N) is 3. The number of carbonyl (C=O) groups is 1. The molecule has 7 heteroatoms. The highest BCUT2D eigenvalue weighted by Gasteiger charge is 2.20. The van der Waals surface area contributed by atoms with Gasteiger partial charge in [-0.15, -0.1) is 0 Å². The summed E-state index contributed by atoms with van der Waals surface area (Å²) in [4.78, 5) is 20.3. The third-order valence-electron chi connectivity index (χ3n) is 4.24. The summed E-state index contributed by atoms with van der Waals surface area (Å²) in [5.74, 6) is 1.06. The molecule has 5 nitrogen and oxygen atoms in total. The van der Waals surface area contributed by atoms with E-state index < -0.39 is 0 Å². The van der Waals surface area contributed by atoms with Crippen molar-refractivity contribution in [3.05, 3.63) is 33.8 Å². The predicted molar refractivity (Wildman–Crippen MR) is 105 cm³/mol. The zero-order valence-electron chi connectivity index (χ0n) is 14.9. The van der Waals surface area contributed by atoms with Crippen LogP contribution in [-0.2, 0) is 11.2 Å². The van der Waals surface area contributed by atoms with Gasteiger partial charge in [-0.1, -0.05) is 29.3 Å². The molecular formula is C18H26Cl2N4O. The molecule has 1 aliphatic heterocycles. The maximum Gasteiger partial charge on any atom is 0.219 e. The van der Waals surface area contributed by atoms with Crippen molar-refractivity contribution in [3.8, 4) is 0 Å². The second kappa shape index (κ2) is 9.88. The second-order valence-electron chi connectivity index (χ2n) is 6.07. The van der Waals surface area contributed by atoms with E-state index in [0.717, 1.165) is 63.6 Å². The van der Waals surface area contributed by atoms with Gasteiger partial charge in [0, 0.05) is 56.2 Å². The van der Waals surface area contributed by atoms with Crippen molar-refractivity contribution in [2.75, 3.05) is 39.3 Å². The Balaban J connectivity index is 1.86. The molecule has 25 heavy (non-hydrogen) atoms. The topological polar surface area (TPSA) is 47.9 Å². The highest BCUT2D eigenvalue weighted by atomic mass is 35.5. The minimum absolute atomic E-state index is 0.140. The fraction of sp³-hybridized carbons (Fsp3) is 0.556. The first-order valence-electron chi connectivity index (χ1n) is 8.74. The molecule has 1 heterocycles. The van der Waals surface area contributed by atoms with Crippen LogP contribution in [0.4, 0.5) is 0 Å². The Bertz CT molecular complexity index is 613. The van der Waals surface area contributed by atoms with Gasteiger partial charge in [0.25, 0.3) is 0 Å². The van der Waals surface area contributed by atoms with Crippen LogP contribution in [0.25, 0.3) is 0 Å². The Morgan fingerprint density at radius 3 is 2.48 bits per heavy atom. The lowest BCUT2D eigenvalue weighted by molar-refractivity contribution is -0.130. The van der Waals surface area contributed by atoms with E-state index in [1.807, 2.05) is 17.0 Å². The van der Waals surface area contributed by atoms with E-state index in [-0.39, 0.29) is 5.91 Å². The fourth-order valence-electron chi connectivity index (χ4n) is 2.84. The van der Waals surface area contributed by atoms with Crippen LogP contribution in [0.5, 0.6) is 0 Å². The van der Waals surface area contributed by atoms with Crippen LogP contribution < -0.4 is 5.32 Å². The van der Waals surface area contributed by atoms with Crippen molar-refractivity contribution in [1.82, 2.24) is 15.1 Å². The minimum atomic E-state index is 0.140. The van der Waals surface area contributed by atoms with Gasteiger partial charge in [0.15, 0.2) is 5.96 Å². The Kier molecular flexibility index (Phi) is 7.85. The molecule has 0 radical (unpaired) electrons. The Morgan fingerprint density at radius 1 is 1.20 bits per heavy atom. The molecule has 0 aliphatic carbocycles. The van der Waals surface area contributed by atoms with Crippen LogP contribution in [0, 0.1) is 0 Å². The lowest BCUT2D eigenvalue weighted by atomic mass is 10.1. The number of aliphatic imine (C=N–C) groups is 1. The van der Waals surface area contributed by atoms with Gasteiger partial charge in [-0.25, -0.2) is 0 Å². The molecule has 0 aromatic heterocycles. The third-order valence-corrected chi connectivity index (χ3v) is 4.83. The van der Waals surface area contributed by atoms with E-state index in [9.17, 15) is 4.79 Å². The summed E-state index contributed by atoms with van der Waals surface area (Å²) in [6.07, 6.45) is 1.79. The average Bonchev–Trinajstić information content (AvgIpc) is 2.59. The summed E-state index contributed by atoms with van der Waals surface area (Å²) in [7, 11) is 0. The van der Waals surface area contributed by atoms with Crippen molar-refractivity contribution >= 4 is 35.1 Å². The lowest BCUT2D eigenvalue weighted by Crippen LogP contribution is -2.53. The minimum Gasteiger partial charge on any atom is -0.357 e. The van der Waals surface area contributed by atoms with Crippen LogP contribution in [0.2, 0.25) is 10.0 Å². The molecule has 1 fully saturated rings. The van der Waals surface area contributed by atoms with Gasteiger partial charge in [0.05, 0.1) is 0 Å². The van der Waals surface area contributed by atoms with E-state index in [1.165, 1.54) is 0 Å². The first-order chi connectivity index (χ1) is 12.0. The van der Waals surface area contributed by atoms with Crippen LogP contribution in [0.1, 0.15) is 25.8 Å². The van der Waals surface area contributed by atoms with Gasteiger partial charge in [-0.2, -0.15) is 0 Å². The maximum atomic E-state index is 11.4. The largest absolute Gasteiger partial charge is 0.357 e. The van der Waals surface area contributed by atoms with Crippen LogP contribution in [0.15, 0.2) is 23.2 Å². The molecule has 1 N–H and O–H groups in total. The standard InChI is InChI=1S/C18H26Cl2N4O/c1-3-21-18(24-11-9-23(10-12-24)14(2)25)22-8-4-5-15-6-7-16(19)13-17(15)20/h6-7,13H,3-5,8-12H2,1-2H3,(H,21,22). The molecule has 0 saturated carbocycles. The highest BCUT2D eigenvalue weighted by Crippen LogP contribution is 2.22. The Morgan fingerprint density at radius 2 is 1.88 bits per heavy atom. The normalized spacial score (nSPS) is 15.4. The quantitative estimate of drug-likeness (QED) is 0.482. The van der Waals surface area contributed by atoms with Crippen molar-refractivity contribution in [2.45, 2.75) is 26.7 Å². The summed E-state index contributed by atoms with van der Waals surface area (Å²) < 4.78 is 0. The van der Waals surface area contributed by atoms with Crippen molar-refractivity contribution < 1.29 is 4.79 Å². The molecule has 0 unspecified atom stereocenters. The van der Waals surface area contributed by atoms with Crippen LogP contribution >= 0.6 is 23.2 Å². The first-order valence-corrected chi connectivity index (χ1v) is 9.49. The van der Waals surface area contributed by atoms with Gasteiger partial charge >= 0.3 is 0 Å². The SMILES string of the molecule is CCNC(=NCCCc1ccc(Cl)cc1Cl)N1CCN(C(C)=O)CC1. The smallest absolute Gasteiger partial charge is 0.219 e. The number of guanidine groups is 1. The van der Waals surface area contributed by atoms with Crippen molar-refractivity contribution in [3.63, 3.8) is 0 Å². The Hall–Kier alpha value is -1.46.